The van der Waals surface area contributed by atoms with Gasteiger partial charge in [0.05, 0.1) is 18.6 Å². The summed E-state index contributed by atoms with van der Waals surface area (Å²) in [4.78, 5) is 21.7. The van der Waals surface area contributed by atoms with Crippen molar-refractivity contribution in [2.45, 2.75) is 50.9 Å². The summed E-state index contributed by atoms with van der Waals surface area (Å²) in [7, 11) is 1.65. The minimum Gasteiger partial charge on any atom is -0.481 e. The SMILES string of the molecule is COc1ncccc1CN1CCC2(CC1)CC(CN1CCC(O)CC1)OC2=O. The number of aliphatic hydroxyl groups excluding tert-OH is 1. The number of rotatable bonds is 5. The first-order valence-electron chi connectivity index (χ1n) is 10.4. The molecule has 1 spiro atoms. The van der Waals surface area contributed by atoms with Crippen molar-refractivity contribution < 1.29 is 19.4 Å². The molecule has 1 atom stereocenters. The average molecular weight is 389 g/mol. The molecular weight excluding hydrogens is 358 g/mol. The molecule has 0 aromatic carbocycles. The smallest absolute Gasteiger partial charge is 0.312 e. The molecule has 1 unspecified atom stereocenters. The van der Waals surface area contributed by atoms with Gasteiger partial charge in [0.15, 0.2) is 0 Å². The predicted octanol–water partition coefficient (Wildman–Crippen LogP) is 1.44. The Morgan fingerprint density at radius 2 is 2.00 bits per heavy atom. The van der Waals surface area contributed by atoms with E-state index in [0.29, 0.717) is 5.88 Å². The first-order valence-corrected chi connectivity index (χ1v) is 10.4. The number of aromatic nitrogens is 1. The second-order valence-electron chi connectivity index (χ2n) is 8.49. The number of methoxy groups -OCH3 is 1. The van der Waals surface area contributed by atoms with Crippen molar-refractivity contribution in [3.8, 4) is 5.88 Å². The average Bonchev–Trinajstić information content (AvgIpc) is 3.00. The summed E-state index contributed by atoms with van der Waals surface area (Å²) in [6.07, 6.45) is 5.73. The van der Waals surface area contributed by atoms with Crippen molar-refractivity contribution >= 4 is 5.97 Å². The van der Waals surface area contributed by atoms with E-state index in [9.17, 15) is 9.90 Å². The Kier molecular flexibility index (Phi) is 5.85. The van der Waals surface area contributed by atoms with Crippen LogP contribution in [0, 0.1) is 5.41 Å². The molecule has 3 aliphatic rings. The molecule has 7 nitrogen and oxygen atoms in total. The van der Waals surface area contributed by atoms with Gasteiger partial charge in [-0.05, 0) is 44.8 Å². The van der Waals surface area contributed by atoms with Gasteiger partial charge in [-0.2, -0.15) is 0 Å². The zero-order valence-electron chi connectivity index (χ0n) is 16.7. The molecule has 0 aliphatic carbocycles. The highest BCUT2D eigenvalue weighted by Crippen LogP contribution is 2.43. The lowest BCUT2D eigenvalue weighted by molar-refractivity contribution is -0.151. The van der Waals surface area contributed by atoms with Gasteiger partial charge in [-0.15, -0.1) is 0 Å². The third-order valence-electron chi connectivity index (χ3n) is 6.59. The van der Waals surface area contributed by atoms with E-state index in [2.05, 4.69) is 14.8 Å². The van der Waals surface area contributed by atoms with Crippen LogP contribution in [-0.4, -0.2) is 77.9 Å². The zero-order valence-corrected chi connectivity index (χ0v) is 16.7. The summed E-state index contributed by atoms with van der Waals surface area (Å²) in [5.74, 6) is 0.669. The number of cyclic esters (lactones) is 1. The van der Waals surface area contributed by atoms with Crippen molar-refractivity contribution in [2.24, 2.45) is 5.41 Å². The van der Waals surface area contributed by atoms with E-state index < -0.39 is 0 Å². The molecule has 4 rings (SSSR count). The number of likely N-dealkylation sites (tertiary alicyclic amines) is 2. The van der Waals surface area contributed by atoms with Crippen LogP contribution < -0.4 is 4.74 Å². The van der Waals surface area contributed by atoms with Gasteiger partial charge in [-0.25, -0.2) is 4.98 Å². The fourth-order valence-corrected chi connectivity index (χ4v) is 4.85. The Hall–Kier alpha value is -1.70. The third-order valence-corrected chi connectivity index (χ3v) is 6.59. The molecule has 7 heteroatoms. The maximum absolute atomic E-state index is 12.7. The van der Waals surface area contributed by atoms with E-state index in [0.717, 1.165) is 76.9 Å². The second kappa shape index (κ2) is 8.35. The number of hydrogen-bond acceptors (Lipinski definition) is 7. The van der Waals surface area contributed by atoms with Gasteiger partial charge in [0.1, 0.15) is 6.10 Å². The van der Waals surface area contributed by atoms with E-state index in [-0.39, 0.29) is 23.6 Å². The van der Waals surface area contributed by atoms with Crippen LogP contribution in [-0.2, 0) is 16.1 Å². The van der Waals surface area contributed by atoms with Gasteiger partial charge in [0.2, 0.25) is 5.88 Å². The predicted molar refractivity (Wildman–Crippen MR) is 104 cm³/mol. The van der Waals surface area contributed by atoms with E-state index in [1.165, 1.54) is 0 Å². The van der Waals surface area contributed by atoms with Gasteiger partial charge in [-0.3, -0.25) is 14.6 Å². The highest BCUT2D eigenvalue weighted by Gasteiger charge is 2.50. The molecule has 1 N–H and O–H groups in total. The van der Waals surface area contributed by atoms with Gasteiger partial charge in [0, 0.05) is 44.4 Å². The second-order valence-corrected chi connectivity index (χ2v) is 8.49. The van der Waals surface area contributed by atoms with E-state index in [4.69, 9.17) is 9.47 Å². The summed E-state index contributed by atoms with van der Waals surface area (Å²) >= 11 is 0. The molecule has 3 fully saturated rings. The van der Waals surface area contributed by atoms with Crippen LogP contribution in [0.2, 0.25) is 0 Å². The van der Waals surface area contributed by atoms with Crippen molar-refractivity contribution in [2.75, 3.05) is 39.8 Å². The summed E-state index contributed by atoms with van der Waals surface area (Å²) in [6.45, 7) is 5.15. The van der Waals surface area contributed by atoms with E-state index in [1.807, 2.05) is 12.1 Å². The lowest BCUT2D eigenvalue weighted by Gasteiger charge is -2.36. The van der Waals surface area contributed by atoms with Crippen molar-refractivity contribution in [1.29, 1.82) is 0 Å². The number of piperidine rings is 2. The highest BCUT2D eigenvalue weighted by atomic mass is 16.6. The Morgan fingerprint density at radius 3 is 2.71 bits per heavy atom. The Morgan fingerprint density at radius 1 is 1.25 bits per heavy atom. The topological polar surface area (TPSA) is 75.1 Å². The number of aliphatic hydroxyl groups is 1. The first-order chi connectivity index (χ1) is 13.6. The summed E-state index contributed by atoms with van der Waals surface area (Å²) < 4.78 is 11.1. The van der Waals surface area contributed by atoms with Crippen LogP contribution in [0.15, 0.2) is 18.3 Å². The molecule has 3 aliphatic heterocycles. The quantitative estimate of drug-likeness (QED) is 0.764. The molecule has 1 aromatic heterocycles. The van der Waals surface area contributed by atoms with Crippen LogP contribution in [0.3, 0.4) is 0 Å². The van der Waals surface area contributed by atoms with Gasteiger partial charge in [-0.1, -0.05) is 6.07 Å². The molecule has 0 saturated carbocycles. The molecule has 1 aromatic rings. The zero-order chi connectivity index (χ0) is 19.6. The maximum Gasteiger partial charge on any atom is 0.312 e. The Bertz CT molecular complexity index is 682. The van der Waals surface area contributed by atoms with E-state index in [1.54, 1.807) is 13.3 Å². The minimum absolute atomic E-state index is 0.00634. The monoisotopic (exact) mass is 389 g/mol. The van der Waals surface area contributed by atoms with Crippen molar-refractivity contribution in [1.82, 2.24) is 14.8 Å². The van der Waals surface area contributed by atoms with Crippen LogP contribution in [0.4, 0.5) is 0 Å². The van der Waals surface area contributed by atoms with E-state index >= 15 is 0 Å². The number of carbonyl (C=O) groups excluding carboxylic acids is 1. The van der Waals surface area contributed by atoms with Gasteiger partial charge >= 0.3 is 5.97 Å². The van der Waals surface area contributed by atoms with Crippen LogP contribution >= 0.6 is 0 Å². The number of pyridine rings is 1. The number of esters is 1. The normalized spacial score (nSPS) is 26.5. The molecule has 0 amide bonds. The fourth-order valence-electron chi connectivity index (χ4n) is 4.85. The van der Waals surface area contributed by atoms with Crippen LogP contribution in [0.25, 0.3) is 0 Å². The molecule has 154 valence electrons. The largest absolute Gasteiger partial charge is 0.481 e. The number of hydrogen-bond donors (Lipinski definition) is 1. The first kappa shape index (κ1) is 19.6. The lowest BCUT2D eigenvalue weighted by Crippen LogP contribution is -2.42. The molecular formula is C21H31N3O4. The van der Waals surface area contributed by atoms with Crippen LogP contribution in [0.5, 0.6) is 5.88 Å². The van der Waals surface area contributed by atoms with Crippen LogP contribution in [0.1, 0.15) is 37.7 Å². The van der Waals surface area contributed by atoms with Gasteiger partial charge < -0.3 is 14.6 Å². The summed E-state index contributed by atoms with van der Waals surface area (Å²) in [6, 6.07) is 3.98. The molecule has 0 radical (unpaired) electrons. The summed E-state index contributed by atoms with van der Waals surface area (Å²) in [5, 5.41) is 9.66. The lowest BCUT2D eigenvalue weighted by atomic mass is 9.76. The standard InChI is InChI=1S/C21H31N3O4/c1-27-19-16(3-2-8-22-19)14-24-11-6-21(7-12-24)13-18(28-20(21)26)15-23-9-4-17(25)5-10-23/h2-3,8,17-18,25H,4-7,9-15H2,1H3. The molecule has 0 bridgehead atoms. The number of nitrogens with zero attached hydrogens (tertiary/aromatic N) is 3. The number of ether oxygens (including phenoxy) is 2. The molecule has 28 heavy (non-hydrogen) atoms. The summed E-state index contributed by atoms with van der Waals surface area (Å²) in [5.41, 5.74) is 0.773. The Balaban J connectivity index is 1.30. The third kappa shape index (κ3) is 4.16. The molecule has 3 saturated heterocycles. The number of carbonyl (C=O) groups is 1. The minimum atomic E-state index is -0.310. The maximum atomic E-state index is 12.7. The van der Waals surface area contributed by atoms with Crippen molar-refractivity contribution in [3.05, 3.63) is 23.9 Å². The van der Waals surface area contributed by atoms with Gasteiger partial charge in [0.25, 0.3) is 0 Å². The Labute approximate surface area is 166 Å². The highest BCUT2D eigenvalue weighted by molar-refractivity contribution is 5.79. The molecule has 4 heterocycles. The fraction of sp³-hybridized carbons (Fsp3) is 0.714. The van der Waals surface area contributed by atoms with Crippen molar-refractivity contribution in [3.63, 3.8) is 0 Å².